The van der Waals surface area contributed by atoms with E-state index >= 15 is 0 Å². The second kappa shape index (κ2) is 7.62. The summed E-state index contributed by atoms with van der Waals surface area (Å²) in [5.74, 6) is 1.53. The molecular weight excluding hydrogens is 370 g/mol. The number of likely N-dealkylation sites (tertiary alicyclic amines) is 1. The fourth-order valence-corrected chi connectivity index (χ4v) is 5.91. The molecule has 1 saturated heterocycles. The highest BCUT2D eigenvalue weighted by atomic mass is 32.1. The number of hydrogen-bond acceptors (Lipinski definition) is 4. The molecule has 3 heterocycles. The molecule has 1 aliphatic carbocycles. The summed E-state index contributed by atoms with van der Waals surface area (Å²) < 4.78 is 1.93. The summed E-state index contributed by atoms with van der Waals surface area (Å²) in [5.41, 5.74) is 1.13. The van der Waals surface area contributed by atoms with E-state index in [4.69, 9.17) is 4.98 Å². The number of carbonyl (C=O) groups is 1. The molecule has 0 N–H and O–H groups in total. The first-order valence-corrected chi connectivity index (χ1v) is 11.5. The number of thiophene rings is 1. The van der Waals surface area contributed by atoms with Gasteiger partial charge in [0, 0.05) is 29.8 Å². The van der Waals surface area contributed by atoms with Crippen molar-refractivity contribution in [3.05, 3.63) is 26.6 Å². The number of carbonyl (C=O) groups excluding carboxylic acids is 1. The Morgan fingerprint density at radius 1 is 1.14 bits per heavy atom. The summed E-state index contributed by atoms with van der Waals surface area (Å²) in [7, 11) is 0. The van der Waals surface area contributed by atoms with E-state index in [0.29, 0.717) is 12.5 Å². The molecule has 6 heteroatoms. The van der Waals surface area contributed by atoms with Crippen LogP contribution in [0.15, 0.2) is 4.79 Å². The Morgan fingerprint density at radius 3 is 2.54 bits per heavy atom. The van der Waals surface area contributed by atoms with Gasteiger partial charge in [-0.05, 0) is 45.1 Å². The Kier molecular flexibility index (Phi) is 5.34. The van der Waals surface area contributed by atoms with Crippen molar-refractivity contribution in [3.63, 3.8) is 0 Å². The number of nitrogens with zero attached hydrogens (tertiary/aromatic N) is 3. The molecule has 28 heavy (non-hydrogen) atoms. The average Bonchev–Trinajstić information content (AvgIpc) is 3.30. The van der Waals surface area contributed by atoms with Crippen molar-refractivity contribution in [3.8, 4) is 0 Å². The zero-order valence-electron chi connectivity index (χ0n) is 17.5. The molecule has 0 aromatic carbocycles. The van der Waals surface area contributed by atoms with Crippen LogP contribution in [0.4, 0.5) is 0 Å². The van der Waals surface area contributed by atoms with Crippen molar-refractivity contribution in [2.45, 2.75) is 78.2 Å². The van der Waals surface area contributed by atoms with Gasteiger partial charge < -0.3 is 4.90 Å². The number of aromatic nitrogens is 2. The molecule has 1 amide bonds. The summed E-state index contributed by atoms with van der Waals surface area (Å²) in [4.78, 5) is 35.5. The Labute approximate surface area is 170 Å². The second-order valence-corrected chi connectivity index (χ2v) is 10.0. The average molecular weight is 402 g/mol. The summed E-state index contributed by atoms with van der Waals surface area (Å²) in [5, 5.41) is 0.770. The van der Waals surface area contributed by atoms with Gasteiger partial charge >= 0.3 is 0 Å². The number of fused-ring (bicyclic) bond motifs is 1. The van der Waals surface area contributed by atoms with Gasteiger partial charge in [0.05, 0.1) is 11.4 Å². The molecule has 2 aromatic rings. The Hall–Kier alpha value is -1.69. The Balaban J connectivity index is 1.73. The first-order valence-electron chi connectivity index (χ1n) is 10.7. The van der Waals surface area contributed by atoms with E-state index in [1.165, 1.54) is 12.8 Å². The minimum Gasteiger partial charge on any atom is -0.340 e. The maximum absolute atomic E-state index is 13.5. The normalized spacial score (nSPS) is 21.2. The predicted molar refractivity (Wildman–Crippen MR) is 114 cm³/mol. The van der Waals surface area contributed by atoms with Crippen LogP contribution in [0.5, 0.6) is 0 Å². The van der Waals surface area contributed by atoms with Crippen molar-refractivity contribution >= 4 is 27.5 Å². The minimum absolute atomic E-state index is 0.0282. The van der Waals surface area contributed by atoms with Crippen LogP contribution in [0, 0.1) is 19.8 Å². The van der Waals surface area contributed by atoms with Gasteiger partial charge in [-0.25, -0.2) is 4.98 Å². The maximum Gasteiger partial charge on any atom is 0.262 e. The van der Waals surface area contributed by atoms with E-state index in [-0.39, 0.29) is 23.4 Å². The van der Waals surface area contributed by atoms with Gasteiger partial charge in [0.2, 0.25) is 5.91 Å². The molecule has 2 aromatic heterocycles. The van der Waals surface area contributed by atoms with E-state index < -0.39 is 0 Å². The summed E-state index contributed by atoms with van der Waals surface area (Å²) in [6.45, 7) is 9.74. The monoisotopic (exact) mass is 401 g/mol. The number of rotatable bonds is 3. The zero-order chi connectivity index (χ0) is 20.0. The van der Waals surface area contributed by atoms with Gasteiger partial charge in [0.25, 0.3) is 5.56 Å². The van der Waals surface area contributed by atoms with Crippen LogP contribution < -0.4 is 5.56 Å². The molecule has 1 saturated carbocycles. The predicted octanol–water partition coefficient (Wildman–Crippen LogP) is 4.55. The largest absolute Gasteiger partial charge is 0.340 e. The molecule has 2 fully saturated rings. The second-order valence-electron chi connectivity index (χ2n) is 8.82. The van der Waals surface area contributed by atoms with Crippen molar-refractivity contribution in [2.24, 2.45) is 5.92 Å². The number of piperidine rings is 1. The van der Waals surface area contributed by atoms with Crippen LogP contribution in [0.2, 0.25) is 0 Å². The van der Waals surface area contributed by atoms with Crippen molar-refractivity contribution in [1.29, 1.82) is 0 Å². The van der Waals surface area contributed by atoms with Gasteiger partial charge in [-0.1, -0.05) is 26.7 Å². The molecule has 5 nitrogen and oxygen atoms in total. The third-order valence-electron chi connectivity index (χ3n) is 6.56. The van der Waals surface area contributed by atoms with Gasteiger partial charge in [0.15, 0.2) is 0 Å². The van der Waals surface area contributed by atoms with Gasteiger partial charge in [-0.3, -0.25) is 14.2 Å². The molecule has 2 aliphatic rings. The number of aryl methyl sites for hydroxylation is 2. The van der Waals surface area contributed by atoms with E-state index in [1.807, 2.05) is 16.4 Å². The van der Waals surface area contributed by atoms with E-state index in [2.05, 4.69) is 20.8 Å². The van der Waals surface area contributed by atoms with Crippen molar-refractivity contribution in [1.82, 2.24) is 14.5 Å². The molecular formula is C22H31N3O2S. The van der Waals surface area contributed by atoms with Crippen molar-refractivity contribution in [2.75, 3.05) is 13.1 Å². The van der Waals surface area contributed by atoms with Crippen LogP contribution >= 0.6 is 11.3 Å². The molecule has 152 valence electrons. The molecule has 0 unspecified atom stereocenters. The van der Waals surface area contributed by atoms with Gasteiger partial charge in [0.1, 0.15) is 10.7 Å². The molecule has 1 aliphatic heterocycles. The highest BCUT2D eigenvalue weighted by Gasteiger charge is 2.33. The standard InChI is InChI=1S/C22H31N3O2S/c1-13(2)19-23-20-18(14(3)15(4)28-20)22(27)25(19)17-10-7-11-24(12-17)21(26)16-8-5-6-9-16/h13,16-17H,5-12H2,1-4H3/t17-/m0/s1. The molecule has 4 rings (SSSR count). The van der Waals surface area contributed by atoms with Crippen LogP contribution in [0.3, 0.4) is 0 Å². The SMILES string of the molecule is Cc1sc2nc(C(C)C)n([C@H]3CCCN(C(=O)C4CCCC4)C3)c(=O)c2c1C. The van der Waals surface area contributed by atoms with Crippen LogP contribution in [-0.2, 0) is 4.79 Å². The topological polar surface area (TPSA) is 55.2 Å². The summed E-state index contributed by atoms with van der Waals surface area (Å²) in [6.07, 6.45) is 6.27. The summed E-state index contributed by atoms with van der Waals surface area (Å²) >= 11 is 1.61. The lowest BCUT2D eigenvalue weighted by Crippen LogP contribution is -2.45. The first kappa shape index (κ1) is 19.6. The molecule has 0 radical (unpaired) electrons. The third-order valence-corrected chi connectivity index (χ3v) is 7.66. The van der Waals surface area contributed by atoms with Crippen LogP contribution in [-0.4, -0.2) is 33.4 Å². The first-order chi connectivity index (χ1) is 13.4. The van der Waals surface area contributed by atoms with E-state index in [0.717, 1.165) is 58.7 Å². The molecule has 0 spiro atoms. The zero-order valence-corrected chi connectivity index (χ0v) is 18.3. The third kappa shape index (κ3) is 3.30. The smallest absolute Gasteiger partial charge is 0.262 e. The van der Waals surface area contributed by atoms with Gasteiger partial charge in [-0.2, -0.15) is 0 Å². The van der Waals surface area contributed by atoms with Crippen LogP contribution in [0.1, 0.15) is 80.6 Å². The lowest BCUT2D eigenvalue weighted by molar-refractivity contribution is -0.137. The molecule has 0 bridgehead atoms. The number of hydrogen-bond donors (Lipinski definition) is 0. The van der Waals surface area contributed by atoms with Crippen molar-refractivity contribution < 1.29 is 4.79 Å². The minimum atomic E-state index is 0.0282. The lowest BCUT2D eigenvalue weighted by Gasteiger charge is -2.36. The van der Waals surface area contributed by atoms with E-state index in [9.17, 15) is 9.59 Å². The fourth-order valence-electron chi connectivity index (χ4n) is 4.88. The summed E-state index contributed by atoms with van der Waals surface area (Å²) in [6, 6.07) is 0.0282. The van der Waals surface area contributed by atoms with E-state index in [1.54, 1.807) is 11.3 Å². The number of amides is 1. The lowest BCUT2D eigenvalue weighted by atomic mass is 10.00. The van der Waals surface area contributed by atoms with Crippen LogP contribution in [0.25, 0.3) is 10.2 Å². The highest BCUT2D eigenvalue weighted by Crippen LogP contribution is 2.32. The quantitative estimate of drug-likeness (QED) is 0.758. The maximum atomic E-state index is 13.5. The fraction of sp³-hybridized carbons (Fsp3) is 0.682. The molecule has 1 atom stereocenters. The Bertz CT molecular complexity index is 953. The Morgan fingerprint density at radius 2 is 1.86 bits per heavy atom. The van der Waals surface area contributed by atoms with Gasteiger partial charge in [-0.15, -0.1) is 11.3 Å². The highest BCUT2D eigenvalue weighted by molar-refractivity contribution is 7.18.